The number of halogens is 2. The van der Waals surface area contributed by atoms with Gasteiger partial charge in [0.25, 0.3) is 5.92 Å². The Morgan fingerprint density at radius 1 is 1.08 bits per heavy atom. The molecule has 0 atom stereocenters. The summed E-state index contributed by atoms with van der Waals surface area (Å²) >= 11 is 0. The van der Waals surface area contributed by atoms with Gasteiger partial charge in [-0.25, -0.2) is 8.78 Å². The van der Waals surface area contributed by atoms with Gasteiger partial charge in [0.05, 0.1) is 0 Å². The van der Waals surface area contributed by atoms with E-state index in [4.69, 9.17) is 0 Å². The summed E-state index contributed by atoms with van der Waals surface area (Å²) in [4.78, 5) is 5.01. The average Bonchev–Trinajstić information content (AvgIpc) is 3.04. The highest BCUT2D eigenvalue weighted by Gasteiger charge is 2.30. The summed E-state index contributed by atoms with van der Waals surface area (Å²) in [5, 5.41) is 0. The van der Waals surface area contributed by atoms with Crippen molar-refractivity contribution in [2.45, 2.75) is 44.1 Å². The number of likely N-dealkylation sites (tertiary alicyclic amines) is 1. The van der Waals surface area contributed by atoms with Gasteiger partial charge in [-0.3, -0.25) is 0 Å². The molecule has 0 spiro atoms. The van der Waals surface area contributed by atoms with Gasteiger partial charge in [-0.1, -0.05) is 30.4 Å². The number of hydrogen-bond donors (Lipinski definition) is 0. The number of alkyl halides is 2. The summed E-state index contributed by atoms with van der Waals surface area (Å²) in [5.41, 5.74) is 3.68. The van der Waals surface area contributed by atoms with Gasteiger partial charge in [0.1, 0.15) is 0 Å². The first kappa shape index (κ1) is 16.8. The number of fused-ring (bicyclic) bond motifs is 1. The Morgan fingerprint density at radius 2 is 1.88 bits per heavy atom. The van der Waals surface area contributed by atoms with E-state index in [0.29, 0.717) is 6.04 Å². The molecule has 2 heterocycles. The molecule has 0 radical (unpaired) electrons. The molecule has 4 heteroatoms. The van der Waals surface area contributed by atoms with Crippen LogP contribution in [0.5, 0.6) is 0 Å². The van der Waals surface area contributed by atoms with Crippen LogP contribution in [0.25, 0.3) is 0 Å². The lowest BCUT2D eigenvalue weighted by Gasteiger charge is -2.38. The largest absolute Gasteiger partial charge is 0.368 e. The van der Waals surface area contributed by atoms with Gasteiger partial charge < -0.3 is 9.80 Å². The second kappa shape index (κ2) is 6.91. The topological polar surface area (TPSA) is 6.48 Å². The first-order valence-corrected chi connectivity index (χ1v) is 9.44. The van der Waals surface area contributed by atoms with Crippen LogP contribution in [0, 0.1) is 0 Å². The summed E-state index contributed by atoms with van der Waals surface area (Å²) < 4.78 is 26.8. The molecule has 3 aliphatic rings. The molecule has 1 aliphatic carbocycles. The molecule has 0 amide bonds. The molecule has 0 saturated carbocycles. The number of para-hydroxylation sites is 1. The molecule has 134 valence electrons. The van der Waals surface area contributed by atoms with Crippen molar-refractivity contribution >= 4 is 5.69 Å². The van der Waals surface area contributed by atoms with Crippen LogP contribution in [0.2, 0.25) is 0 Å². The maximum absolute atomic E-state index is 13.4. The minimum absolute atomic E-state index is 0.154. The zero-order chi connectivity index (χ0) is 17.3. The smallest absolute Gasteiger partial charge is 0.270 e. The molecule has 1 aromatic carbocycles. The van der Waals surface area contributed by atoms with E-state index < -0.39 is 5.92 Å². The molecule has 0 aromatic heterocycles. The molecular formula is C21H26F2N2. The number of allylic oxidation sites excluding steroid dienone is 3. The minimum Gasteiger partial charge on any atom is -0.368 e. The van der Waals surface area contributed by atoms with Crippen molar-refractivity contribution in [3.8, 4) is 0 Å². The highest BCUT2D eigenvalue weighted by molar-refractivity contribution is 5.58. The fraction of sp³-hybridized carbons (Fsp3) is 0.524. The predicted octanol–water partition coefficient (Wildman–Crippen LogP) is 4.43. The third-order valence-electron chi connectivity index (χ3n) is 5.76. The molecule has 1 aromatic rings. The van der Waals surface area contributed by atoms with E-state index in [9.17, 15) is 8.78 Å². The van der Waals surface area contributed by atoms with E-state index in [1.807, 2.05) is 6.08 Å². The van der Waals surface area contributed by atoms with E-state index in [2.05, 4.69) is 34.1 Å². The normalized spacial score (nSPS) is 23.6. The number of anilines is 1. The Labute approximate surface area is 148 Å². The Hall–Kier alpha value is -1.68. The molecular weight excluding hydrogens is 318 g/mol. The third kappa shape index (κ3) is 3.79. The lowest BCUT2D eigenvalue weighted by atomic mass is 9.99. The molecule has 1 saturated heterocycles. The first-order chi connectivity index (χ1) is 12.1. The number of hydrogen-bond acceptors (Lipinski definition) is 2. The van der Waals surface area contributed by atoms with Crippen LogP contribution in [-0.4, -0.2) is 43.0 Å². The molecule has 2 aliphatic heterocycles. The molecule has 2 nitrogen and oxygen atoms in total. The van der Waals surface area contributed by atoms with E-state index in [1.54, 1.807) is 6.08 Å². The molecule has 0 bridgehead atoms. The maximum atomic E-state index is 13.4. The number of benzene rings is 1. The Kier molecular flexibility index (Phi) is 4.63. The van der Waals surface area contributed by atoms with Crippen molar-refractivity contribution in [2.24, 2.45) is 0 Å². The number of nitrogens with zero attached hydrogens (tertiary/aromatic N) is 2. The zero-order valence-electron chi connectivity index (χ0n) is 14.6. The fourth-order valence-corrected chi connectivity index (χ4v) is 4.39. The minimum atomic E-state index is -2.65. The van der Waals surface area contributed by atoms with Gasteiger partial charge in [0.15, 0.2) is 0 Å². The highest BCUT2D eigenvalue weighted by atomic mass is 19.3. The molecule has 0 unspecified atom stereocenters. The van der Waals surface area contributed by atoms with Crippen LogP contribution < -0.4 is 4.90 Å². The summed E-state index contributed by atoms with van der Waals surface area (Å²) in [6, 6.07) is 9.37. The van der Waals surface area contributed by atoms with Crippen LogP contribution >= 0.6 is 0 Å². The first-order valence-electron chi connectivity index (χ1n) is 9.44. The summed E-state index contributed by atoms with van der Waals surface area (Å²) in [5.74, 6) is -2.65. The molecule has 25 heavy (non-hydrogen) atoms. The number of rotatable bonds is 4. The SMILES string of the molecule is FC1(F)C=C(CCN2CCC(N3CCc4ccccc43)CC2)C=CC1. The van der Waals surface area contributed by atoms with Crippen molar-refractivity contribution in [2.75, 3.05) is 31.1 Å². The Balaban J connectivity index is 1.28. The number of piperidine rings is 1. The van der Waals surface area contributed by atoms with Gasteiger partial charge >= 0.3 is 0 Å². The maximum Gasteiger partial charge on any atom is 0.270 e. The molecule has 1 fully saturated rings. The third-order valence-corrected chi connectivity index (χ3v) is 5.76. The van der Waals surface area contributed by atoms with Crippen molar-refractivity contribution in [1.82, 2.24) is 4.90 Å². The van der Waals surface area contributed by atoms with E-state index in [-0.39, 0.29) is 6.42 Å². The van der Waals surface area contributed by atoms with Crippen LogP contribution in [-0.2, 0) is 6.42 Å². The highest BCUT2D eigenvalue weighted by Crippen LogP contribution is 2.32. The van der Waals surface area contributed by atoms with Gasteiger partial charge in [-0.05, 0) is 49.0 Å². The zero-order valence-corrected chi connectivity index (χ0v) is 14.6. The predicted molar refractivity (Wildman–Crippen MR) is 98.4 cm³/mol. The Bertz CT molecular complexity index is 672. The second-order valence-corrected chi connectivity index (χ2v) is 7.48. The lowest BCUT2D eigenvalue weighted by molar-refractivity contribution is 0.0563. The summed E-state index contributed by atoms with van der Waals surface area (Å²) in [6.07, 6.45) is 8.69. The molecule has 4 rings (SSSR count). The van der Waals surface area contributed by atoms with Crippen LogP contribution in [0.3, 0.4) is 0 Å². The van der Waals surface area contributed by atoms with Crippen LogP contribution in [0.15, 0.2) is 48.1 Å². The molecule has 0 N–H and O–H groups in total. The summed E-state index contributed by atoms with van der Waals surface area (Å²) in [7, 11) is 0. The van der Waals surface area contributed by atoms with Crippen LogP contribution in [0.4, 0.5) is 14.5 Å². The van der Waals surface area contributed by atoms with E-state index in [1.165, 1.54) is 24.1 Å². The van der Waals surface area contributed by atoms with E-state index in [0.717, 1.165) is 50.7 Å². The monoisotopic (exact) mass is 344 g/mol. The summed E-state index contributed by atoms with van der Waals surface area (Å²) in [6.45, 7) is 4.15. The van der Waals surface area contributed by atoms with Gasteiger partial charge in [-0.2, -0.15) is 0 Å². The fourth-order valence-electron chi connectivity index (χ4n) is 4.39. The second-order valence-electron chi connectivity index (χ2n) is 7.48. The van der Waals surface area contributed by atoms with Gasteiger partial charge in [-0.15, -0.1) is 0 Å². The van der Waals surface area contributed by atoms with Crippen LogP contribution in [0.1, 0.15) is 31.2 Å². The quantitative estimate of drug-likeness (QED) is 0.797. The standard InChI is InChI=1S/C21H26F2N2/c22-21(23)11-3-4-17(16-21)7-12-24-13-9-19(10-14-24)25-15-8-18-5-1-2-6-20(18)25/h1-6,16,19H,7-15H2. The van der Waals surface area contributed by atoms with E-state index >= 15 is 0 Å². The lowest BCUT2D eigenvalue weighted by Crippen LogP contribution is -2.44. The van der Waals surface area contributed by atoms with Crippen molar-refractivity contribution in [3.63, 3.8) is 0 Å². The van der Waals surface area contributed by atoms with Crippen molar-refractivity contribution < 1.29 is 8.78 Å². The van der Waals surface area contributed by atoms with Gasteiger partial charge in [0.2, 0.25) is 0 Å². The van der Waals surface area contributed by atoms with Gasteiger partial charge in [0, 0.05) is 44.3 Å². The Morgan fingerprint density at radius 3 is 2.68 bits per heavy atom. The van der Waals surface area contributed by atoms with Crippen molar-refractivity contribution in [3.05, 3.63) is 53.6 Å². The van der Waals surface area contributed by atoms with Crippen molar-refractivity contribution in [1.29, 1.82) is 0 Å². The average molecular weight is 344 g/mol.